The molecule has 1 saturated heterocycles. The minimum absolute atomic E-state index is 0.0884. The van der Waals surface area contributed by atoms with Crippen LogP contribution < -0.4 is 5.32 Å². The van der Waals surface area contributed by atoms with Gasteiger partial charge >= 0.3 is 0 Å². The van der Waals surface area contributed by atoms with Crippen molar-refractivity contribution in [2.24, 2.45) is 5.92 Å². The second-order valence-corrected chi connectivity index (χ2v) is 6.55. The summed E-state index contributed by atoms with van der Waals surface area (Å²) in [5.41, 5.74) is 0.467. The van der Waals surface area contributed by atoms with Crippen LogP contribution in [0.3, 0.4) is 0 Å². The number of morpholine rings is 1. The molecule has 1 aromatic carbocycles. The molecule has 0 radical (unpaired) electrons. The van der Waals surface area contributed by atoms with Crippen molar-refractivity contribution in [1.29, 1.82) is 0 Å². The molecule has 0 spiro atoms. The van der Waals surface area contributed by atoms with Crippen LogP contribution in [0.5, 0.6) is 0 Å². The van der Waals surface area contributed by atoms with E-state index in [0.29, 0.717) is 18.9 Å². The van der Waals surface area contributed by atoms with Crippen LogP contribution in [0.2, 0.25) is 0 Å². The Labute approximate surface area is 127 Å². The molecule has 2 aliphatic rings. The molecule has 116 valence electrons. The lowest BCUT2D eigenvalue weighted by Crippen LogP contribution is -2.58. The summed E-state index contributed by atoms with van der Waals surface area (Å²) < 4.78 is 5.96. The smallest absolute Gasteiger partial charge is 0.0992 e. The first-order valence-electron chi connectivity index (χ1n) is 8.37. The molecule has 1 saturated carbocycles. The molecule has 0 aromatic heterocycles. The summed E-state index contributed by atoms with van der Waals surface area (Å²) in [6, 6.07) is 10.4. The van der Waals surface area contributed by atoms with E-state index in [4.69, 9.17) is 4.74 Å². The fourth-order valence-corrected chi connectivity index (χ4v) is 3.93. The number of hydrogen-bond acceptors (Lipinski definition) is 3. The first-order chi connectivity index (χ1) is 10.3. The van der Waals surface area contributed by atoms with Crippen molar-refractivity contribution in [2.75, 3.05) is 19.7 Å². The summed E-state index contributed by atoms with van der Waals surface area (Å²) in [4.78, 5) is 0. The van der Waals surface area contributed by atoms with Gasteiger partial charge in [-0.1, -0.05) is 49.6 Å². The SMILES string of the molecule is O[C@@](Cc1ccccc1)(C1CCCCC1)[C@H]1CNCCO1. The average molecular weight is 289 g/mol. The van der Waals surface area contributed by atoms with Gasteiger partial charge in [-0.25, -0.2) is 0 Å². The third-order valence-corrected chi connectivity index (χ3v) is 5.13. The molecule has 1 aliphatic carbocycles. The summed E-state index contributed by atoms with van der Waals surface area (Å²) in [5.74, 6) is 0.358. The van der Waals surface area contributed by atoms with Crippen LogP contribution in [0, 0.1) is 5.92 Å². The highest BCUT2D eigenvalue weighted by atomic mass is 16.5. The van der Waals surface area contributed by atoms with Gasteiger partial charge in [0.05, 0.1) is 18.3 Å². The fraction of sp³-hybridized carbons (Fsp3) is 0.667. The van der Waals surface area contributed by atoms with Gasteiger partial charge in [-0.05, 0) is 24.3 Å². The lowest BCUT2D eigenvalue weighted by molar-refractivity contribution is -0.154. The van der Waals surface area contributed by atoms with Crippen molar-refractivity contribution in [3.8, 4) is 0 Å². The van der Waals surface area contributed by atoms with Crippen molar-refractivity contribution in [3.63, 3.8) is 0 Å². The van der Waals surface area contributed by atoms with Crippen LogP contribution in [0.1, 0.15) is 37.7 Å². The second-order valence-electron chi connectivity index (χ2n) is 6.55. The summed E-state index contributed by atoms with van der Waals surface area (Å²) >= 11 is 0. The summed E-state index contributed by atoms with van der Waals surface area (Å²) in [6.45, 7) is 2.36. The minimum Gasteiger partial charge on any atom is -0.386 e. The third kappa shape index (κ3) is 3.47. The first kappa shape index (κ1) is 15.0. The Morgan fingerprint density at radius 3 is 2.57 bits per heavy atom. The highest BCUT2D eigenvalue weighted by molar-refractivity contribution is 5.19. The number of aliphatic hydroxyl groups is 1. The zero-order valence-corrected chi connectivity index (χ0v) is 12.8. The van der Waals surface area contributed by atoms with Crippen LogP contribution in [0.25, 0.3) is 0 Å². The summed E-state index contributed by atoms with van der Waals surface area (Å²) in [6.07, 6.45) is 6.65. The largest absolute Gasteiger partial charge is 0.386 e. The maximum absolute atomic E-state index is 11.5. The summed E-state index contributed by atoms with van der Waals surface area (Å²) in [7, 11) is 0. The molecule has 0 bridgehead atoms. The zero-order chi connectivity index (χ0) is 14.5. The van der Waals surface area contributed by atoms with E-state index < -0.39 is 5.60 Å². The number of benzene rings is 1. The molecule has 21 heavy (non-hydrogen) atoms. The monoisotopic (exact) mass is 289 g/mol. The fourth-order valence-electron chi connectivity index (χ4n) is 3.93. The molecule has 2 atom stereocenters. The quantitative estimate of drug-likeness (QED) is 0.895. The van der Waals surface area contributed by atoms with E-state index in [2.05, 4.69) is 29.6 Å². The molecule has 1 heterocycles. The molecule has 3 rings (SSSR count). The van der Waals surface area contributed by atoms with E-state index in [1.807, 2.05) is 6.07 Å². The van der Waals surface area contributed by atoms with Gasteiger partial charge < -0.3 is 15.2 Å². The van der Waals surface area contributed by atoms with Crippen molar-refractivity contribution >= 4 is 0 Å². The van der Waals surface area contributed by atoms with Gasteiger partial charge in [0.2, 0.25) is 0 Å². The molecule has 2 fully saturated rings. The van der Waals surface area contributed by atoms with E-state index in [0.717, 1.165) is 25.9 Å². The van der Waals surface area contributed by atoms with E-state index in [9.17, 15) is 5.11 Å². The topological polar surface area (TPSA) is 41.5 Å². The van der Waals surface area contributed by atoms with Gasteiger partial charge in [-0.15, -0.1) is 0 Å². The predicted molar refractivity (Wildman–Crippen MR) is 84.3 cm³/mol. The van der Waals surface area contributed by atoms with Gasteiger partial charge in [0.1, 0.15) is 0 Å². The first-order valence-corrected chi connectivity index (χ1v) is 8.37. The minimum atomic E-state index is -0.741. The van der Waals surface area contributed by atoms with Crippen LogP contribution in [-0.4, -0.2) is 36.5 Å². The van der Waals surface area contributed by atoms with E-state index in [1.165, 1.54) is 24.8 Å². The Balaban J connectivity index is 1.81. The molecular formula is C18H27NO2. The summed E-state index contributed by atoms with van der Waals surface area (Å²) in [5, 5.41) is 14.9. The maximum Gasteiger partial charge on any atom is 0.0992 e. The van der Waals surface area contributed by atoms with Crippen molar-refractivity contribution in [3.05, 3.63) is 35.9 Å². The van der Waals surface area contributed by atoms with Crippen LogP contribution in [0.4, 0.5) is 0 Å². The van der Waals surface area contributed by atoms with Gasteiger partial charge in [0.25, 0.3) is 0 Å². The Hall–Kier alpha value is -0.900. The van der Waals surface area contributed by atoms with Crippen LogP contribution in [0.15, 0.2) is 30.3 Å². The molecule has 2 N–H and O–H groups in total. The van der Waals surface area contributed by atoms with Crippen molar-refractivity contribution in [2.45, 2.75) is 50.2 Å². The maximum atomic E-state index is 11.5. The van der Waals surface area contributed by atoms with Gasteiger partial charge in [0, 0.05) is 19.5 Å². The molecule has 1 aliphatic heterocycles. The van der Waals surface area contributed by atoms with E-state index in [-0.39, 0.29) is 6.10 Å². The van der Waals surface area contributed by atoms with Crippen LogP contribution in [-0.2, 0) is 11.2 Å². The Kier molecular flexibility index (Phi) is 4.94. The molecular weight excluding hydrogens is 262 g/mol. The molecule has 3 heteroatoms. The molecule has 1 aromatic rings. The van der Waals surface area contributed by atoms with Gasteiger partial charge in [-0.2, -0.15) is 0 Å². The standard InChI is InChI=1S/C18H27NO2/c20-18(16-9-5-2-6-10-16,17-14-19-11-12-21-17)13-15-7-3-1-4-8-15/h1,3-4,7-8,16-17,19-20H,2,5-6,9-14H2/t17-,18+/m1/s1. The van der Waals surface area contributed by atoms with Crippen LogP contribution >= 0.6 is 0 Å². The average Bonchev–Trinajstić information content (AvgIpc) is 2.57. The van der Waals surface area contributed by atoms with Gasteiger partial charge in [0.15, 0.2) is 0 Å². The zero-order valence-electron chi connectivity index (χ0n) is 12.8. The lowest BCUT2D eigenvalue weighted by atomic mass is 9.71. The highest BCUT2D eigenvalue weighted by Crippen LogP contribution is 2.38. The number of rotatable bonds is 4. The predicted octanol–water partition coefficient (Wildman–Crippen LogP) is 2.53. The Morgan fingerprint density at radius 1 is 1.14 bits per heavy atom. The van der Waals surface area contributed by atoms with Crippen molar-refractivity contribution < 1.29 is 9.84 Å². The lowest BCUT2D eigenvalue weighted by Gasteiger charge is -2.45. The molecule has 0 amide bonds. The number of hydrogen-bond donors (Lipinski definition) is 2. The third-order valence-electron chi connectivity index (χ3n) is 5.13. The molecule has 3 nitrogen and oxygen atoms in total. The Morgan fingerprint density at radius 2 is 1.90 bits per heavy atom. The van der Waals surface area contributed by atoms with Gasteiger partial charge in [-0.3, -0.25) is 0 Å². The number of ether oxygens (including phenoxy) is 1. The highest BCUT2D eigenvalue weighted by Gasteiger charge is 2.45. The van der Waals surface area contributed by atoms with Crippen molar-refractivity contribution in [1.82, 2.24) is 5.32 Å². The second kappa shape index (κ2) is 6.91. The Bertz CT molecular complexity index is 404. The van der Waals surface area contributed by atoms with E-state index in [1.54, 1.807) is 0 Å². The molecule has 0 unspecified atom stereocenters. The normalized spacial score (nSPS) is 27.2. The number of nitrogens with one attached hydrogen (secondary N) is 1. The van der Waals surface area contributed by atoms with E-state index >= 15 is 0 Å².